The number of piperidine rings is 2. The second kappa shape index (κ2) is 7.07. The van der Waals surface area contributed by atoms with Crippen LogP contribution < -0.4 is 5.32 Å². The van der Waals surface area contributed by atoms with Gasteiger partial charge in [-0.15, -0.1) is 0 Å². The minimum absolute atomic E-state index is 0.122. The molecule has 0 bridgehead atoms. The first-order chi connectivity index (χ1) is 9.58. The van der Waals surface area contributed by atoms with E-state index in [9.17, 15) is 9.59 Å². The molecule has 0 radical (unpaired) electrons. The normalized spacial score (nSPS) is 28.9. The van der Waals surface area contributed by atoms with Crippen LogP contribution in [0.25, 0.3) is 0 Å². The van der Waals surface area contributed by atoms with E-state index in [1.54, 1.807) is 0 Å². The molecular weight excluding hydrogens is 256 g/mol. The molecule has 2 rings (SSSR count). The number of aliphatic carboxylic acids is 1. The van der Waals surface area contributed by atoms with Crippen molar-refractivity contribution in [2.45, 2.75) is 39.0 Å². The number of carboxylic acid groups (broad SMARTS) is 1. The summed E-state index contributed by atoms with van der Waals surface area (Å²) in [5.41, 5.74) is 0. The zero-order valence-electron chi connectivity index (χ0n) is 12.3. The summed E-state index contributed by atoms with van der Waals surface area (Å²) in [6.45, 7) is 5.39. The van der Waals surface area contributed by atoms with Gasteiger partial charge in [-0.25, -0.2) is 0 Å². The van der Waals surface area contributed by atoms with Gasteiger partial charge >= 0.3 is 5.97 Å². The van der Waals surface area contributed by atoms with Crippen LogP contribution in [0.4, 0.5) is 0 Å². The molecule has 0 aromatic rings. The van der Waals surface area contributed by atoms with Gasteiger partial charge < -0.3 is 15.3 Å². The van der Waals surface area contributed by atoms with Crippen LogP contribution in [0.3, 0.4) is 0 Å². The molecule has 2 saturated heterocycles. The molecule has 2 fully saturated rings. The summed E-state index contributed by atoms with van der Waals surface area (Å²) < 4.78 is 0. The van der Waals surface area contributed by atoms with Crippen LogP contribution in [0.15, 0.2) is 0 Å². The quantitative estimate of drug-likeness (QED) is 0.816. The lowest BCUT2D eigenvalue weighted by atomic mass is 9.84. The number of carbonyl (C=O) groups excluding carboxylic acids is 1. The van der Waals surface area contributed by atoms with Crippen molar-refractivity contribution in [3.8, 4) is 0 Å². The Morgan fingerprint density at radius 2 is 2.15 bits per heavy atom. The van der Waals surface area contributed by atoms with E-state index >= 15 is 0 Å². The third-order valence-electron chi connectivity index (χ3n) is 4.72. The molecule has 2 aliphatic heterocycles. The molecule has 0 saturated carbocycles. The number of likely N-dealkylation sites (tertiary alicyclic amines) is 1. The SMILES string of the molecule is CC(CC(=O)O)C1CCCN(C(=O)[C@@H]2CCCNC2)C1. The summed E-state index contributed by atoms with van der Waals surface area (Å²) in [7, 11) is 0. The fourth-order valence-electron chi connectivity index (χ4n) is 3.44. The number of amides is 1. The summed E-state index contributed by atoms with van der Waals surface area (Å²) in [5, 5.41) is 12.2. The molecule has 0 spiro atoms. The topological polar surface area (TPSA) is 69.6 Å². The van der Waals surface area contributed by atoms with Crippen LogP contribution in [0.1, 0.15) is 39.0 Å². The zero-order chi connectivity index (χ0) is 14.5. The highest BCUT2D eigenvalue weighted by atomic mass is 16.4. The van der Waals surface area contributed by atoms with Crippen molar-refractivity contribution in [2.24, 2.45) is 17.8 Å². The van der Waals surface area contributed by atoms with Crippen molar-refractivity contribution in [1.82, 2.24) is 10.2 Å². The van der Waals surface area contributed by atoms with Crippen LogP contribution in [0.5, 0.6) is 0 Å². The third-order valence-corrected chi connectivity index (χ3v) is 4.72. The Morgan fingerprint density at radius 1 is 1.35 bits per heavy atom. The predicted octanol–water partition coefficient (Wildman–Crippen LogP) is 1.34. The van der Waals surface area contributed by atoms with E-state index in [-0.39, 0.29) is 24.2 Å². The van der Waals surface area contributed by atoms with Crippen molar-refractivity contribution in [1.29, 1.82) is 0 Å². The molecule has 5 nitrogen and oxygen atoms in total. The van der Waals surface area contributed by atoms with E-state index in [4.69, 9.17) is 5.11 Å². The van der Waals surface area contributed by atoms with Gasteiger partial charge in [-0.3, -0.25) is 9.59 Å². The summed E-state index contributed by atoms with van der Waals surface area (Å²) in [5.74, 6) is 0.132. The summed E-state index contributed by atoms with van der Waals surface area (Å²) in [6, 6.07) is 0. The number of rotatable bonds is 4. The van der Waals surface area contributed by atoms with Gasteiger partial charge in [0.05, 0.1) is 5.92 Å². The number of hydrogen-bond donors (Lipinski definition) is 2. The molecule has 2 N–H and O–H groups in total. The van der Waals surface area contributed by atoms with Gasteiger partial charge in [0.2, 0.25) is 5.91 Å². The maximum absolute atomic E-state index is 12.5. The standard InChI is InChI=1S/C15H26N2O3/c1-11(8-14(18)19)13-5-3-7-17(10-13)15(20)12-4-2-6-16-9-12/h11-13,16H,2-10H2,1H3,(H,18,19)/t11?,12-,13?/m1/s1. The van der Waals surface area contributed by atoms with Gasteiger partial charge in [0, 0.05) is 26.1 Å². The van der Waals surface area contributed by atoms with Crippen LogP contribution in [-0.4, -0.2) is 48.1 Å². The Balaban J connectivity index is 1.88. The molecule has 0 aromatic heterocycles. The molecule has 3 atom stereocenters. The van der Waals surface area contributed by atoms with Crippen molar-refractivity contribution in [3.63, 3.8) is 0 Å². The van der Waals surface area contributed by atoms with E-state index in [0.717, 1.165) is 51.9 Å². The Kier molecular flexibility index (Phi) is 5.40. The van der Waals surface area contributed by atoms with Gasteiger partial charge in [0.15, 0.2) is 0 Å². The maximum atomic E-state index is 12.5. The average molecular weight is 282 g/mol. The van der Waals surface area contributed by atoms with Crippen LogP contribution in [0.2, 0.25) is 0 Å². The number of carboxylic acids is 1. The monoisotopic (exact) mass is 282 g/mol. The van der Waals surface area contributed by atoms with Crippen molar-refractivity contribution >= 4 is 11.9 Å². The number of nitrogens with zero attached hydrogens (tertiary/aromatic N) is 1. The smallest absolute Gasteiger partial charge is 0.303 e. The number of carbonyl (C=O) groups is 2. The summed E-state index contributed by atoms with van der Waals surface area (Å²) in [6.07, 6.45) is 4.31. The lowest BCUT2D eigenvalue weighted by Crippen LogP contribution is -2.47. The first-order valence-electron chi connectivity index (χ1n) is 7.79. The third kappa shape index (κ3) is 3.95. The molecule has 1 amide bonds. The van der Waals surface area contributed by atoms with Crippen molar-refractivity contribution < 1.29 is 14.7 Å². The first-order valence-corrected chi connectivity index (χ1v) is 7.79. The van der Waals surface area contributed by atoms with Gasteiger partial charge in [-0.2, -0.15) is 0 Å². The second-order valence-corrected chi connectivity index (χ2v) is 6.30. The molecule has 0 aliphatic carbocycles. The minimum Gasteiger partial charge on any atom is -0.481 e. The first kappa shape index (κ1) is 15.3. The molecule has 5 heteroatoms. The lowest BCUT2D eigenvalue weighted by molar-refractivity contribution is -0.139. The molecular formula is C15H26N2O3. The minimum atomic E-state index is -0.738. The van der Waals surface area contributed by atoms with E-state index < -0.39 is 5.97 Å². The highest BCUT2D eigenvalue weighted by Crippen LogP contribution is 2.27. The number of nitrogens with one attached hydrogen (secondary N) is 1. The zero-order valence-corrected chi connectivity index (χ0v) is 12.3. The van der Waals surface area contributed by atoms with E-state index in [0.29, 0.717) is 5.92 Å². The van der Waals surface area contributed by atoms with Crippen LogP contribution in [-0.2, 0) is 9.59 Å². The van der Waals surface area contributed by atoms with E-state index in [1.165, 1.54) is 0 Å². The Bertz CT molecular complexity index is 353. The summed E-state index contributed by atoms with van der Waals surface area (Å²) in [4.78, 5) is 25.3. The van der Waals surface area contributed by atoms with Gasteiger partial charge in [-0.1, -0.05) is 6.92 Å². The highest BCUT2D eigenvalue weighted by molar-refractivity contribution is 5.79. The molecule has 114 valence electrons. The Hall–Kier alpha value is -1.10. The maximum Gasteiger partial charge on any atom is 0.303 e. The molecule has 0 aromatic carbocycles. The van der Waals surface area contributed by atoms with E-state index in [1.807, 2.05) is 11.8 Å². The van der Waals surface area contributed by atoms with Gasteiger partial charge in [0.1, 0.15) is 0 Å². The molecule has 20 heavy (non-hydrogen) atoms. The Morgan fingerprint density at radius 3 is 2.80 bits per heavy atom. The predicted molar refractivity (Wildman–Crippen MR) is 76.3 cm³/mol. The lowest BCUT2D eigenvalue weighted by Gasteiger charge is -2.38. The van der Waals surface area contributed by atoms with Crippen molar-refractivity contribution in [3.05, 3.63) is 0 Å². The van der Waals surface area contributed by atoms with E-state index in [2.05, 4.69) is 5.32 Å². The second-order valence-electron chi connectivity index (χ2n) is 6.30. The van der Waals surface area contributed by atoms with Crippen molar-refractivity contribution in [2.75, 3.05) is 26.2 Å². The molecule has 2 aliphatic rings. The molecule has 2 unspecified atom stereocenters. The largest absolute Gasteiger partial charge is 0.481 e. The van der Waals surface area contributed by atoms with Gasteiger partial charge in [0.25, 0.3) is 0 Å². The van der Waals surface area contributed by atoms with Gasteiger partial charge in [-0.05, 0) is 44.1 Å². The fourth-order valence-corrected chi connectivity index (χ4v) is 3.44. The molecule has 2 heterocycles. The number of hydrogen-bond acceptors (Lipinski definition) is 3. The average Bonchev–Trinajstić information content (AvgIpc) is 2.47. The Labute approximate surface area is 120 Å². The fraction of sp³-hybridized carbons (Fsp3) is 0.867. The van der Waals surface area contributed by atoms with Crippen LogP contribution >= 0.6 is 0 Å². The van der Waals surface area contributed by atoms with Crippen LogP contribution in [0, 0.1) is 17.8 Å². The summed E-state index contributed by atoms with van der Waals surface area (Å²) >= 11 is 0. The highest BCUT2D eigenvalue weighted by Gasteiger charge is 2.32.